The lowest BCUT2D eigenvalue weighted by atomic mass is 10.1. The van der Waals surface area contributed by atoms with Gasteiger partial charge < -0.3 is 10.1 Å². The van der Waals surface area contributed by atoms with Crippen LogP contribution in [0.5, 0.6) is 5.75 Å². The van der Waals surface area contributed by atoms with Gasteiger partial charge in [0, 0.05) is 17.3 Å². The number of Topliss-reactive ketones (excluding diaryl/α,β-unsaturated/α-hetero) is 1. The molecule has 1 atom stereocenters. The minimum atomic E-state index is -0.742. The van der Waals surface area contributed by atoms with Gasteiger partial charge in [-0.15, -0.1) is 0 Å². The SMILES string of the molecule is CC(=O)c1cccc(NC(=O)C(C)Oc2ccc(Cl)c(Cl)c2)c1. The molecule has 0 radical (unpaired) electrons. The lowest BCUT2D eigenvalue weighted by Crippen LogP contribution is -2.30. The van der Waals surface area contributed by atoms with E-state index in [1.165, 1.54) is 6.92 Å². The van der Waals surface area contributed by atoms with E-state index in [9.17, 15) is 9.59 Å². The molecule has 23 heavy (non-hydrogen) atoms. The zero-order valence-electron chi connectivity index (χ0n) is 12.6. The molecule has 4 nitrogen and oxygen atoms in total. The van der Waals surface area contributed by atoms with E-state index in [-0.39, 0.29) is 11.7 Å². The van der Waals surface area contributed by atoms with Crippen LogP contribution in [0.4, 0.5) is 5.69 Å². The van der Waals surface area contributed by atoms with Crippen molar-refractivity contribution in [1.29, 1.82) is 0 Å². The molecule has 0 aliphatic rings. The highest BCUT2D eigenvalue weighted by molar-refractivity contribution is 6.42. The summed E-state index contributed by atoms with van der Waals surface area (Å²) in [6, 6.07) is 11.5. The second-order valence-electron chi connectivity index (χ2n) is 4.96. The minimum absolute atomic E-state index is 0.0683. The smallest absolute Gasteiger partial charge is 0.265 e. The van der Waals surface area contributed by atoms with Crippen molar-refractivity contribution in [3.8, 4) is 5.75 Å². The van der Waals surface area contributed by atoms with Crippen LogP contribution in [0, 0.1) is 0 Å². The molecule has 0 aliphatic carbocycles. The molecular formula is C17H15Cl2NO3. The first-order chi connectivity index (χ1) is 10.9. The number of carbonyl (C=O) groups is 2. The Morgan fingerprint density at radius 3 is 2.48 bits per heavy atom. The van der Waals surface area contributed by atoms with Gasteiger partial charge in [0.15, 0.2) is 11.9 Å². The molecule has 0 fully saturated rings. The van der Waals surface area contributed by atoms with E-state index in [0.29, 0.717) is 27.0 Å². The topological polar surface area (TPSA) is 55.4 Å². The van der Waals surface area contributed by atoms with E-state index in [0.717, 1.165) is 0 Å². The first-order valence-corrected chi connectivity index (χ1v) is 7.66. The Bertz CT molecular complexity index is 746. The van der Waals surface area contributed by atoms with Crippen LogP contribution in [0.25, 0.3) is 0 Å². The Balaban J connectivity index is 2.03. The fraction of sp³-hybridized carbons (Fsp3) is 0.176. The van der Waals surface area contributed by atoms with Gasteiger partial charge >= 0.3 is 0 Å². The van der Waals surface area contributed by atoms with Gasteiger partial charge in [-0.1, -0.05) is 35.3 Å². The van der Waals surface area contributed by atoms with Crippen LogP contribution in [-0.2, 0) is 4.79 Å². The number of benzene rings is 2. The summed E-state index contributed by atoms with van der Waals surface area (Å²) in [7, 11) is 0. The number of rotatable bonds is 5. The number of hydrogen-bond donors (Lipinski definition) is 1. The predicted octanol–water partition coefficient (Wildman–Crippen LogP) is 4.60. The Labute approximate surface area is 144 Å². The molecule has 1 unspecified atom stereocenters. The monoisotopic (exact) mass is 351 g/mol. The van der Waals surface area contributed by atoms with E-state index in [2.05, 4.69) is 5.32 Å². The number of halogens is 2. The van der Waals surface area contributed by atoms with E-state index in [4.69, 9.17) is 27.9 Å². The van der Waals surface area contributed by atoms with Crippen molar-refractivity contribution in [2.24, 2.45) is 0 Å². The average molecular weight is 352 g/mol. The highest BCUT2D eigenvalue weighted by atomic mass is 35.5. The lowest BCUT2D eigenvalue weighted by Gasteiger charge is -2.15. The predicted molar refractivity (Wildman–Crippen MR) is 91.6 cm³/mol. The van der Waals surface area contributed by atoms with Gasteiger partial charge in [0.1, 0.15) is 5.75 Å². The van der Waals surface area contributed by atoms with E-state index >= 15 is 0 Å². The minimum Gasteiger partial charge on any atom is -0.481 e. The van der Waals surface area contributed by atoms with Gasteiger partial charge in [-0.3, -0.25) is 9.59 Å². The van der Waals surface area contributed by atoms with Crippen molar-refractivity contribution in [1.82, 2.24) is 0 Å². The summed E-state index contributed by atoms with van der Waals surface area (Å²) in [6.45, 7) is 3.09. The number of hydrogen-bond acceptors (Lipinski definition) is 3. The van der Waals surface area contributed by atoms with E-state index < -0.39 is 6.10 Å². The zero-order chi connectivity index (χ0) is 17.0. The summed E-state index contributed by atoms with van der Waals surface area (Å²) < 4.78 is 5.54. The van der Waals surface area contributed by atoms with Gasteiger partial charge in [0.25, 0.3) is 5.91 Å². The summed E-state index contributed by atoms with van der Waals surface area (Å²) in [5.74, 6) is 0.0394. The standard InChI is InChI=1S/C17H15Cl2NO3/c1-10(21)12-4-3-5-13(8-12)20-17(22)11(2)23-14-6-7-15(18)16(19)9-14/h3-9,11H,1-2H3,(H,20,22). The lowest BCUT2D eigenvalue weighted by molar-refractivity contribution is -0.122. The third-order valence-electron chi connectivity index (χ3n) is 3.11. The molecule has 6 heteroatoms. The van der Waals surface area contributed by atoms with Crippen molar-refractivity contribution < 1.29 is 14.3 Å². The van der Waals surface area contributed by atoms with Gasteiger partial charge in [0.2, 0.25) is 0 Å². The van der Waals surface area contributed by atoms with Crippen LogP contribution in [0.1, 0.15) is 24.2 Å². The Morgan fingerprint density at radius 2 is 1.83 bits per heavy atom. The Kier molecular flexibility index (Phi) is 5.64. The van der Waals surface area contributed by atoms with Crippen molar-refractivity contribution in [2.75, 3.05) is 5.32 Å². The molecule has 0 spiro atoms. The maximum atomic E-state index is 12.2. The largest absolute Gasteiger partial charge is 0.481 e. The number of ether oxygens (including phenoxy) is 1. The van der Waals surface area contributed by atoms with Crippen molar-refractivity contribution in [3.05, 3.63) is 58.1 Å². The number of amides is 1. The van der Waals surface area contributed by atoms with E-state index in [1.54, 1.807) is 49.4 Å². The van der Waals surface area contributed by atoms with Crippen LogP contribution in [-0.4, -0.2) is 17.8 Å². The summed E-state index contributed by atoms with van der Waals surface area (Å²) >= 11 is 11.7. The third-order valence-corrected chi connectivity index (χ3v) is 3.85. The summed E-state index contributed by atoms with van der Waals surface area (Å²) in [5, 5.41) is 3.47. The van der Waals surface area contributed by atoms with Crippen LogP contribution >= 0.6 is 23.2 Å². The fourth-order valence-corrected chi connectivity index (χ4v) is 2.16. The maximum Gasteiger partial charge on any atom is 0.265 e. The Hall–Kier alpha value is -2.04. The molecule has 0 heterocycles. The second-order valence-corrected chi connectivity index (χ2v) is 5.78. The normalized spacial score (nSPS) is 11.7. The van der Waals surface area contributed by atoms with Gasteiger partial charge in [-0.25, -0.2) is 0 Å². The molecule has 0 aliphatic heterocycles. The second kappa shape index (κ2) is 7.49. The van der Waals surface area contributed by atoms with Crippen molar-refractivity contribution >= 4 is 40.6 Å². The van der Waals surface area contributed by atoms with Gasteiger partial charge in [0.05, 0.1) is 10.0 Å². The van der Waals surface area contributed by atoms with Crippen LogP contribution in [0.3, 0.4) is 0 Å². The Morgan fingerprint density at radius 1 is 1.09 bits per heavy atom. The molecule has 2 rings (SSSR count). The number of ketones is 1. The molecule has 1 amide bonds. The molecule has 0 saturated carbocycles. The van der Waals surface area contributed by atoms with Crippen molar-refractivity contribution in [2.45, 2.75) is 20.0 Å². The molecular weight excluding hydrogens is 337 g/mol. The highest BCUT2D eigenvalue weighted by Gasteiger charge is 2.16. The molecule has 2 aromatic rings. The van der Waals surface area contributed by atoms with E-state index in [1.807, 2.05) is 0 Å². The van der Waals surface area contributed by atoms with Crippen LogP contribution in [0.15, 0.2) is 42.5 Å². The molecule has 0 bridgehead atoms. The molecule has 120 valence electrons. The van der Waals surface area contributed by atoms with Crippen LogP contribution in [0.2, 0.25) is 10.0 Å². The van der Waals surface area contributed by atoms with Crippen LogP contribution < -0.4 is 10.1 Å². The summed E-state index contributed by atoms with van der Waals surface area (Å²) in [5.41, 5.74) is 1.06. The average Bonchev–Trinajstić information content (AvgIpc) is 2.51. The number of anilines is 1. The number of nitrogens with one attached hydrogen (secondary N) is 1. The first-order valence-electron chi connectivity index (χ1n) is 6.90. The van der Waals surface area contributed by atoms with Gasteiger partial charge in [-0.05, 0) is 38.1 Å². The molecule has 0 saturated heterocycles. The van der Waals surface area contributed by atoms with Crippen molar-refractivity contribution in [3.63, 3.8) is 0 Å². The zero-order valence-corrected chi connectivity index (χ0v) is 14.1. The summed E-state index contributed by atoms with van der Waals surface area (Å²) in [6.07, 6.45) is -0.742. The molecule has 2 aromatic carbocycles. The molecule has 0 aromatic heterocycles. The van der Waals surface area contributed by atoms with Gasteiger partial charge in [-0.2, -0.15) is 0 Å². The molecule has 1 N–H and O–H groups in total. The quantitative estimate of drug-likeness (QED) is 0.800. The fourth-order valence-electron chi connectivity index (χ4n) is 1.87. The third kappa shape index (κ3) is 4.71. The number of carbonyl (C=O) groups excluding carboxylic acids is 2. The first kappa shape index (κ1) is 17.3. The highest BCUT2D eigenvalue weighted by Crippen LogP contribution is 2.27. The maximum absolute atomic E-state index is 12.2. The summed E-state index contributed by atoms with van der Waals surface area (Å²) in [4.78, 5) is 23.5.